The molecule has 0 radical (unpaired) electrons. The van der Waals surface area contributed by atoms with Gasteiger partial charge in [-0.25, -0.2) is 13.1 Å². The Morgan fingerprint density at radius 1 is 1.15 bits per heavy atom. The Hall–Kier alpha value is -2.08. The molecule has 2 aromatic rings. The fraction of sp³-hybridized carbons (Fsp3) is 0.682. The maximum Gasteiger partial charge on any atom is 0.243 e. The van der Waals surface area contributed by atoms with E-state index in [0.29, 0.717) is 31.4 Å². The summed E-state index contributed by atoms with van der Waals surface area (Å²) in [7, 11) is -1.58. The number of piperazine rings is 1. The normalized spacial score (nSPS) is 21.5. The number of aryl methyl sites for hydroxylation is 1. The number of nitrogens with zero attached hydrogens (tertiary/aromatic N) is 6. The number of piperidine rings is 1. The van der Waals surface area contributed by atoms with Crippen LogP contribution in [-0.2, 0) is 21.4 Å². The van der Waals surface area contributed by atoms with Crippen LogP contribution in [0.5, 0.6) is 0 Å². The van der Waals surface area contributed by atoms with E-state index >= 15 is 0 Å². The van der Waals surface area contributed by atoms with Gasteiger partial charge in [0, 0.05) is 58.9 Å². The highest BCUT2D eigenvalue weighted by Crippen LogP contribution is 2.26. The lowest BCUT2D eigenvalue weighted by Gasteiger charge is -2.33. The zero-order valence-electron chi connectivity index (χ0n) is 19.6. The summed E-state index contributed by atoms with van der Waals surface area (Å²) >= 11 is 0. The predicted molar refractivity (Wildman–Crippen MR) is 126 cm³/mol. The van der Waals surface area contributed by atoms with Crippen molar-refractivity contribution in [1.29, 1.82) is 0 Å². The number of rotatable bonds is 8. The molecule has 1 aromatic heterocycles. The lowest BCUT2D eigenvalue weighted by atomic mass is 9.99. The summed E-state index contributed by atoms with van der Waals surface area (Å²) in [6, 6.07) is 4.97. The Morgan fingerprint density at radius 2 is 1.94 bits per heavy atom. The average molecular weight is 478 g/mol. The number of hydrogen-bond acceptors (Lipinski definition) is 7. The number of aromatic nitrogens is 3. The molecule has 2 aliphatic rings. The van der Waals surface area contributed by atoms with E-state index in [1.54, 1.807) is 22.9 Å². The highest BCUT2D eigenvalue weighted by atomic mass is 32.2. The first kappa shape index (κ1) is 24.1. The predicted octanol–water partition coefficient (Wildman–Crippen LogP) is 0.606. The van der Waals surface area contributed by atoms with Gasteiger partial charge in [0.25, 0.3) is 0 Å². The summed E-state index contributed by atoms with van der Waals surface area (Å²) < 4.78 is 29.8. The van der Waals surface area contributed by atoms with Crippen LogP contribution in [0.1, 0.15) is 26.2 Å². The number of hydrogen-bond donors (Lipinski definition) is 1. The smallest absolute Gasteiger partial charge is 0.243 e. The lowest BCUT2D eigenvalue weighted by Crippen LogP contribution is -2.49. The second-order valence-electron chi connectivity index (χ2n) is 9.10. The number of nitrogens with one attached hydrogen (secondary N) is 1. The number of likely N-dealkylation sites (N-methyl/N-ethyl adjacent to an activating group) is 1. The second kappa shape index (κ2) is 10.5. The van der Waals surface area contributed by atoms with Crippen LogP contribution in [0.4, 0.5) is 0 Å². The van der Waals surface area contributed by atoms with Crippen molar-refractivity contribution in [2.75, 3.05) is 59.4 Å². The van der Waals surface area contributed by atoms with E-state index in [1.165, 1.54) is 4.31 Å². The standard InChI is InChI=1S/C22H35N7O3S/c1-3-9-29-21-7-6-19(16-20(21)24-25-29)33(31,32)28-10-4-5-18(17-28)22(30)23-8-11-27-14-12-26(2)13-15-27/h6-7,16,18H,3-5,8-15,17H2,1-2H3,(H,23,30)/t18-/m0/s1. The van der Waals surface area contributed by atoms with Crippen molar-refractivity contribution in [3.8, 4) is 0 Å². The fourth-order valence-corrected chi connectivity index (χ4v) is 6.11. The van der Waals surface area contributed by atoms with Gasteiger partial charge in [-0.2, -0.15) is 4.31 Å². The van der Waals surface area contributed by atoms with Crippen LogP contribution in [0.15, 0.2) is 23.1 Å². The van der Waals surface area contributed by atoms with Crippen molar-refractivity contribution in [3.05, 3.63) is 18.2 Å². The number of amides is 1. The molecule has 2 aliphatic heterocycles. The average Bonchev–Trinajstić information content (AvgIpc) is 3.23. The molecule has 0 saturated carbocycles. The van der Waals surface area contributed by atoms with Gasteiger partial charge >= 0.3 is 0 Å². The molecule has 0 spiro atoms. The first-order valence-electron chi connectivity index (χ1n) is 11.9. The molecule has 1 atom stereocenters. The monoisotopic (exact) mass is 477 g/mol. The molecule has 0 bridgehead atoms. The molecule has 0 aliphatic carbocycles. The van der Waals surface area contributed by atoms with Crippen molar-refractivity contribution in [2.45, 2.75) is 37.6 Å². The van der Waals surface area contributed by atoms with Gasteiger partial charge in [0.05, 0.1) is 16.3 Å². The van der Waals surface area contributed by atoms with Crippen molar-refractivity contribution in [1.82, 2.24) is 34.4 Å². The van der Waals surface area contributed by atoms with Gasteiger partial charge in [0.2, 0.25) is 15.9 Å². The molecule has 4 rings (SSSR count). The Morgan fingerprint density at radius 3 is 2.70 bits per heavy atom. The fourth-order valence-electron chi connectivity index (χ4n) is 4.57. The van der Waals surface area contributed by atoms with Crippen molar-refractivity contribution in [2.24, 2.45) is 5.92 Å². The Kier molecular flexibility index (Phi) is 7.62. The van der Waals surface area contributed by atoms with Gasteiger partial charge in [-0.05, 0) is 44.5 Å². The van der Waals surface area contributed by atoms with E-state index in [1.807, 2.05) is 0 Å². The number of carbonyl (C=O) groups excluding carboxylic acids is 1. The van der Waals surface area contributed by atoms with Crippen molar-refractivity contribution >= 4 is 27.0 Å². The van der Waals surface area contributed by atoms with Crippen LogP contribution in [0.3, 0.4) is 0 Å². The largest absolute Gasteiger partial charge is 0.355 e. The molecule has 1 N–H and O–H groups in total. The quantitative estimate of drug-likeness (QED) is 0.594. The second-order valence-corrected chi connectivity index (χ2v) is 11.0. The van der Waals surface area contributed by atoms with E-state index in [9.17, 15) is 13.2 Å². The summed E-state index contributed by atoms with van der Waals surface area (Å²) in [6.07, 6.45) is 2.30. The minimum absolute atomic E-state index is 0.0537. The van der Waals surface area contributed by atoms with Gasteiger partial charge in [-0.1, -0.05) is 12.1 Å². The van der Waals surface area contributed by atoms with Gasteiger partial charge < -0.3 is 10.2 Å². The molecular weight excluding hydrogens is 442 g/mol. The Labute approximate surface area is 195 Å². The molecule has 182 valence electrons. The first-order chi connectivity index (χ1) is 15.9. The molecule has 3 heterocycles. The molecular formula is C22H35N7O3S. The highest BCUT2D eigenvalue weighted by molar-refractivity contribution is 7.89. The zero-order chi connectivity index (χ0) is 23.4. The summed E-state index contributed by atoms with van der Waals surface area (Å²) in [5.74, 6) is -0.378. The van der Waals surface area contributed by atoms with Gasteiger partial charge in [-0.15, -0.1) is 5.10 Å². The number of benzene rings is 1. The van der Waals surface area contributed by atoms with Crippen LogP contribution in [0.2, 0.25) is 0 Å². The summed E-state index contributed by atoms with van der Waals surface area (Å²) in [4.78, 5) is 17.6. The molecule has 33 heavy (non-hydrogen) atoms. The van der Waals surface area contributed by atoms with Crippen LogP contribution in [-0.4, -0.2) is 103 Å². The lowest BCUT2D eigenvalue weighted by molar-refractivity contribution is -0.126. The number of fused-ring (bicyclic) bond motifs is 1. The maximum atomic E-state index is 13.3. The molecule has 10 nitrogen and oxygen atoms in total. The minimum Gasteiger partial charge on any atom is -0.355 e. The van der Waals surface area contributed by atoms with E-state index < -0.39 is 10.0 Å². The Balaban J connectivity index is 1.35. The van der Waals surface area contributed by atoms with E-state index in [4.69, 9.17) is 0 Å². The van der Waals surface area contributed by atoms with E-state index in [2.05, 4.69) is 39.4 Å². The third-order valence-corrected chi connectivity index (χ3v) is 8.50. The number of sulfonamides is 1. The first-order valence-corrected chi connectivity index (χ1v) is 13.3. The molecule has 1 aromatic carbocycles. The minimum atomic E-state index is -3.70. The van der Waals surface area contributed by atoms with Gasteiger partial charge in [-0.3, -0.25) is 9.69 Å². The third-order valence-electron chi connectivity index (χ3n) is 6.64. The van der Waals surface area contributed by atoms with E-state index in [0.717, 1.165) is 51.2 Å². The topological polar surface area (TPSA) is 104 Å². The zero-order valence-corrected chi connectivity index (χ0v) is 20.4. The summed E-state index contributed by atoms with van der Waals surface area (Å²) in [5.41, 5.74) is 1.40. The van der Waals surface area contributed by atoms with Crippen LogP contribution in [0.25, 0.3) is 11.0 Å². The van der Waals surface area contributed by atoms with E-state index in [-0.39, 0.29) is 23.3 Å². The number of carbonyl (C=O) groups is 1. The van der Waals surface area contributed by atoms with Gasteiger partial charge in [0.15, 0.2) is 0 Å². The van der Waals surface area contributed by atoms with Crippen LogP contribution < -0.4 is 5.32 Å². The van der Waals surface area contributed by atoms with Crippen molar-refractivity contribution in [3.63, 3.8) is 0 Å². The Bertz CT molecular complexity index is 1060. The highest BCUT2D eigenvalue weighted by Gasteiger charge is 2.33. The molecule has 2 fully saturated rings. The molecule has 11 heteroatoms. The SMILES string of the molecule is CCCn1nnc2cc(S(=O)(=O)N3CCC[C@H](C(=O)NCCN4CCN(C)CC4)C3)ccc21. The molecule has 1 amide bonds. The van der Waals surface area contributed by atoms with Crippen LogP contribution in [0, 0.1) is 5.92 Å². The van der Waals surface area contributed by atoms with Gasteiger partial charge in [0.1, 0.15) is 5.52 Å². The maximum absolute atomic E-state index is 13.3. The summed E-state index contributed by atoms with van der Waals surface area (Å²) in [5, 5.41) is 11.3. The molecule has 2 saturated heterocycles. The third kappa shape index (κ3) is 5.53. The summed E-state index contributed by atoms with van der Waals surface area (Å²) in [6.45, 7) is 8.97. The van der Waals surface area contributed by atoms with Crippen LogP contribution >= 0.6 is 0 Å². The molecule has 0 unspecified atom stereocenters. The van der Waals surface area contributed by atoms with Crippen molar-refractivity contribution < 1.29 is 13.2 Å².